The Morgan fingerprint density at radius 2 is 1.04 bits per heavy atom. The van der Waals surface area contributed by atoms with Crippen molar-refractivity contribution in [2.75, 3.05) is 0 Å². The molecule has 3 rings (SSSR count). The third kappa shape index (κ3) is 7.57. The van der Waals surface area contributed by atoms with E-state index in [0.717, 1.165) is 0 Å². The number of benzene rings is 3. The van der Waals surface area contributed by atoms with Crippen molar-refractivity contribution in [1.82, 2.24) is 0 Å². The molecule has 0 saturated heterocycles. The van der Waals surface area contributed by atoms with E-state index in [0.29, 0.717) is 0 Å². The summed E-state index contributed by atoms with van der Waals surface area (Å²) in [6.07, 6.45) is 5.25. The monoisotopic (exact) mass is 335 g/mol. The highest BCUT2D eigenvalue weighted by molar-refractivity contribution is 7.55. The second-order valence-corrected chi connectivity index (χ2v) is 7.53. The van der Waals surface area contributed by atoms with Crippen LogP contribution in [0, 0.1) is 0 Å². The van der Waals surface area contributed by atoms with Gasteiger partial charge in [0.1, 0.15) is 0 Å². The van der Waals surface area contributed by atoms with Crippen LogP contribution in [0.4, 0.5) is 0 Å². The second kappa shape index (κ2) is 11.6. The molecular weight excluding hydrogens is 307 g/mol. The average Bonchev–Trinajstić information content (AvgIpc) is 2.65. The van der Waals surface area contributed by atoms with Gasteiger partial charge in [-0.1, -0.05) is 86.5 Å². The van der Waals surface area contributed by atoms with E-state index in [4.69, 9.17) is 0 Å². The van der Waals surface area contributed by atoms with Gasteiger partial charge >= 0.3 is 0 Å². The number of aryl methyl sites for hydroxylation is 1. The van der Waals surface area contributed by atoms with Crippen molar-refractivity contribution in [3.8, 4) is 0 Å². The van der Waals surface area contributed by atoms with Crippen LogP contribution in [-0.2, 0) is 6.42 Å². The van der Waals surface area contributed by atoms with Gasteiger partial charge in [-0.2, -0.15) is 0 Å². The van der Waals surface area contributed by atoms with Gasteiger partial charge in [-0.05, 0) is 42.7 Å². The van der Waals surface area contributed by atoms with E-state index in [1.165, 1.54) is 41.9 Å². The zero-order valence-corrected chi connectivity index (χ0v) is 15.7. The predicted octanol–water partition coefficient (Wildman–Crippen LogP) is 5.47. The molecule has 0 N–H and O–H groups in total. The fourth-order valence-corrected chi connectivity index (χ4v) is 3.73. The van der Waals surface area contributed by atoms with Gasteiger partial charge in [0, 0.05) is 0 Å². The largest absolute Gasteiger partial charge is 0.0942 e. The Morgan fingerprint density at radius 3 is 1.50 bits per heavy atom. The van der Waals surface area contributed by atoms with Crippen LogP contribution < -0.4 is 10.6 Å². The maximum Gasteiger partial charge on any atom is 0.0942 e. The Kier molecular flexibility index (Phi) is 8.91. The van der Waals surface area contributed by atoms with Crippen LogP contribution in [0.1, 0.15) is 31.7 Å². The zero-order valence-electron chi connectivity index (χ0n) is 14.6. The van der Waals surface area contributed by atoms with Crippen molar-refractivity contribution >= 4 is 19.2 Å². The van der Waals surface area contributed by atoms with Crippen LogP contribution in [0.2, 0.25) is 0 Å². The summed E-state index contributed by atoms with van der Waals surface area (Å²) >= 11 is 0. The minimum Gasteiger partial charge on any atom is -0.0654 e. The molecule has 24 heavy (non-hydrogen) atoms. The first-order chi connectivity index (χ1) is 11.9. The summed E-state index contributed by atoms with van der Waals surface area (Å²) in [5, 5.41) is 2.90. The first-order valence-corrected chi connectivity index (χ1v) is 10.0. The van der Waals surface area contributed by atoms with Crippen LogP contribution in [0.5, 0.6) is 0 Å². The molecule has 0 amide bonds. The number of rotatable bonds is 6. The third-order valence-corrected chi connectivity index (χ3v) is 5.28. The molecule has 0 unspecified atom stereocenters. The molecule has 0 aliphatic heterocycles. The molecule has 0 nitrogen and oxygen atoms in total. The second-order valence-electron chi connectivity index (χ2n) is 5.91. The molecule has 0 aliphatic carbocycles. The highest BCUT2D eigenvalue weighted by Gasteiger charge is 2.00. The van der Waals surface area contributed by atoms with Crippen molar-refractivity contribution in [2.45, 2.75) is 32.6 Å². The predicted molar refractivity (Wildman–Crippen MR) is 112 cm³/mol. The van der Waals surface area contributed by atoms with Crippen LogP contribution >= 0.6 is 8.58 Å². The van der Waals surface area contributed by atoms with Crippen LogP contribution in [0.25, 0.3) is 0 Å². The van der Waals surface area contributed by atoms with Gasteiger partial charge in [0.15, 0.2) is 0 Å². The molecular formula is C23H28P+. The van der Waals surface area contributed by atoms with Crippen LogP contribution in [0.3, 0.4) is 0 Å². The van der Waals surface area contributed by atoms with Gasteiger partial charge in [0.25, 0.3) is 0 Å². The summed E-state index contributed by atoms with van der Waals surface area (Å²) in [4.78, 5) is 0. The minimum absolute atomic E-state index is 0.271. The molecule has 0 spiro atoms. The van der Waals surface area contributed by atoms with E-state index in [2.05, 4.69) is 97.9 Å². The Morgan fingerprint density at radius 1 is 0.583 bits per heavy atom. The molecule has 0 bridgehead atoms. The summed E-state index contributed by atoms with van der Waals surface area (Å²) in [5.74, 6) is 0. The summed E-state index contributed by atoms with van der Waals surface area (Å²) in [6.45, 7) is 2.24. The number of unbranched alkanes of at least 4 members (excludes halogenated alkanes) is 2. The van der Waals surface area contributed by atoms with E-state index in [1.54, 1.807) is 0 Å². The first kappa shape index (κ1) is 18.4. The molecule has 0 aliphatic rings. The molecule has 124 valence electrons. The summed E-state index contributed by atoms with van der Waals surface area (Å²) in [7, 11) is 0.271. The van der Waals surface area contributed by atoms with E-state index in [1.807, 2.05) is 0 Å². The lowest BCUT2D eigenvalue weighted by molar-refractivity contribution is 0.717. The molecule has 3 aromatic carbocycles. The third-order valence-electron chi connectivity index (χ3n) is 3.84. The maximum absolute atomic E-state index is 2.24. The van der Waals surface area contributed by atoms with Gasteiger partial charge in [0.2, 0.25) is 0 Å². The summed E-state index contributed by atoms with van der Waals surface area (Å²) in [5.41, 5.74) is 1.47. The van der Waals surface area contributed by atoms with E-state index in [-0.39, 0.29) is 8.58 Å². The van der Waals surface area contributed by atoms with Gasteiger partial charge in [0.05, 0.1) is 19.2 Å². The molecule has 1 heteroatoms. The lowest BCUT2D eigenvalue weighted by Gasteiger charge is -1.98. The molecule has 0 aromatic heterocycles. The van der Waals surface area contributed by atoms with Crippen molar-refractivity contribution in [2.24, 2.45) is 0 Å². The van der Waals surface area contributed by atoms with Crippen molar-refractivity contribution in [3.05, 3.63) is 96.6 Å². The highest BCUT2D eigenvalue weighted by Crippen LogP contribution is 2.08. The Balaban J connectivity index is 0.000000177. The lowest BCUT2D eigenvalue weighted by atomic mass is 10.1. The zero-order chi connectivity index (χ0) is 16.9. The Labute approximate surface area is 148 Å². The van der Waals surface area contributed by atoms with Crippen LogP contribution in [0.15, 0.2) is 91.0 Å². The van der Waals surface area contributed by atoms with Gasteiger partial charge in [-0.15, -0.1) is 0 Å². The molecule has 0 fully saturated rings. The van der Waals surface area contributed by atoms with Gasteiger partial charge in [-0.3, -0.25) is 0 Å². The fraction of sp³-hybridized carbons (Fsp3) is 0.217. The lowest BCUT2D eigenvalue weighted by Crippen LogP contribution is -2.01. The maximum atomic E-state index is 2.24. The topological polar surface area (TPSA) is 0 Å². The quantitative estimate of drug-likeness (QED) is 0.414. The minimum atomic E-state index is 0.271. The number of hydrogen-bond donors (Lipinski definition) is 0. The van der Waals surface area contributed by atoms with Gasteiger partial charge < -0.3 is 0 Å². The van der Waals surface area contributed by atoms with Gasteiger partial charge in [-0.25, -0.2) is 0 Å². The first-order valence-electron chi connectivity index (χ1n) is 8.87. The average molecular weight is 335 g/mol. The van der Waals surface area contributed by atoms with Crippen LogP contribution in [-0.4, -0.2) is 0 Å². The molecule has 0 radical (unpaired) electrons. The summed E-state index contributed by atoms with van der Waals surface area (Å²) in [6, 6.07) is 32.0. The highest BCUT2D eigenvalue weighted by atomic mass is 31.1. The normalized spacial score (nSPS) is 9.88. The molecule has 0 atom stereocenters. The fourth-order valence-electron chi connectivity index (χ4n) is 2.51. The Bertz CT molecular complexity index is 610. The van der Waals surface area contributed by atoms with E-state index in [9.17, 15) is 0 Å². The van der Waals surface area contributed by atoms with E-state index < -0.39 is 0 Å². The molecule has 0 heterocycles. The number of hydrogen-bond acceptors (Lipinski definition) is 0. The smallest absolute Gasteiger partial charge is 0.0654 e. The van der Waals surface area contributed by atoms with Crippen molar-refractivity contribution < 1.29 is 0 Å². The van der Waals surface area contributed by atoms with Crippen molar-refractivity contribution in [3.63, 3.8) is 0 Å². The standard InChI is InChI=1S/C12H11P.C11H16/c1-3-7-11(8-4-1)13-12-9-5-2-6-10-12;1-2-3-5-8-11-9-6-4-7-10-11/h1-10,13H;4,6-7,9-10H,2-3,5,8H2,1H3/p+1. The van der Waals surface area contributed by atoms with E-state index >= 15 is 0 Å². The molecule has 0 saturated carbocycles. The Hall–Kier alpha value is -1.91. The summed E-state index contributed by atoms with van der Waals surface area (Å²) < 4.78 is 0. The SMILES string of the molecule is CCCCCc1ccccc1.c1ccc([PH2+]c2ccccc2)cc1. The van der Waals surface area contributed by atoms with Crippen molar-refractivity contribution in [1.29, 1.82) is 0 Å². The molecule has 3 aromatic rings.